The number of phenols is 1. The van der Waals surface area contributed by atoms with E-state index in [4.69, 9.17) is 0 Å². The average molecular weight is 359 g/mol. The smallest absolute Gasteiger partial charge is 1.00 e. The molecule has 1 aromatic heterocycles. The van der Waals surface area contributed by atoms with Crippen molar-refractivity contribution >= 4 is 10.9 Å². The molecular weight excluding hydrogens is 347 g/mol. The number of aromatic hydroxyl groups is 1. The Labute approximate surface area is 131 Å². The molecule has 0 bridgehead atoms. The predicted molar refractivity (Wildman–Crippen MR) is 68.7 cm³/mol. The normalized spacial score (nSPS) is 8.42. The van der Waals surface area contributed by atoms with E-state index in [0.29, 0.717) is 5.52 Å². The molecule has 2 nitrogen and oxygen atoms in total. The predicted octanol–water partition coefficient (Wildman–Crippen LogP) is 0.429. The molecular formula is C15H12ClNORu. The molecule has 2 aromatic carbocycles. The summed E-state index contributed by atoms with van der Waals surface area (Å²) in [5.41, 5.74) is 0.662. The Morgan fingerprint density at radius 3 is 2.11 bits per heavy atom. The molecule has 0 amide bonds. The van der Waals surface area contributed by atoms with Crippen molar-refractivity contribution in [3.8, 4) is 5.75 Å². The van der Waals surface area contributed by atoms with Crippen molar-refractivity contribution in [1.29, 1.82) is 0 Å². The van der Waals surface area contributed by atoms with E-state index in [1.165, 1.54) is 0 Å². The van der Waals surface area contributed by atoms with E-state index in [2.05, 4.69) is 11.1 Å². The average Bonchev–Trinajstić information content (AvgIpc) is 2.42. The molecule has 0 spiro atoms. The van der Waals surface area contributed by atoms with Gasteiger partial charge in [-0.15, -0.1) is 0 Å². The second-order valence-electron chi connectivity index (χ2n) is 3.43. The zero-order valence-corrected chi connectivity index (χ0v) is 12.5. The van der Waals surface area contributed by atoms with E-state index in [9.17, 15) is 5.11 Å². The van der Waals surface area contributed by atoms with Gasteiger partial charge < -0.3 is 17.5 Å². The number of halogens is 1. The van der Waals surface area contributed by atoms with Crippen molar-refractivity contribution in [2.75, 3.05) is 0 Å². The van der Waals surface area contributed by atoms with Crippen molar-refractivity contribution in [2.45, 2.75) is 0 Å². The van der Waals surface area contributed by atoms with Gasteiger partial charge in [-0.05, 0) is 12.1 Å². The molecule has 0 aliphatic rings. The third-order valence-electron chi connectivity index (χ3n) is 2.22. The quantitative estimate of drug-likeness (QED) is 0.467. The van der Waals surface area contributed by atoms with Crippen LogP contribution >= 0.6 is 0 Å². The van der Waals surface area contributed by atoms with Gasteiger partial charge in [-0.3, -0.25) is 4.98 Å². The van der Waals surface area contributed by atoms with Crippen LogP contribution in [0.4, 0.5) is 0 Å². The van der Waals surface area contributed by atoms with E-state index < -0.39 is 0 Å². The number of hydrogen-bond acceptors (Lipinski definition) is 2. The minimum atomic E-state index is 0. The van der Waals surface area contributed by atoms with E-state index in [1.54, 1.807) is 18.3 Å². The van der Waals surface area contributed by atoms with Crippen LogP contribution in [0, 0.1) is 6.07 Å². The Morgan fingerprint density at radius 2 is 1.58 bits per heavy atom. The molecule has 3 rings (SSSR count). The summed E-state index contributed by atoms with van der Waals surface area (Å²) in [7, 11) is 0. The van der Waals surface area contributed by atoms with Crippen molar-refractivity contribution in [3.63, 3.8) is 0 Å². The summed E-state index contributed by atoms with van der Waals surface area (Å²) in [6.45, 7) is 0. The third kappa shape index (κ3) is 5.38. The molecule has 1 heterocycles. The van der Waals surface area contributed by atoms with Crippen molar-refractivity contribution in [2.24, 2.45) is 0 Å². The molecule has 3 aromatic rings. The first-order chi connectivity index (χ1) is 8.38. The molecule has 0 saturated heterocycles. The number of benzene rings is 2. The van der Waals surface area contributed by atoms with Gasteiger partial charge in [0, 0.05) is 11.6 Å². The molecule has 0 aliphatic heterocycles. The Bertz CT molecular complexity index is 558. The summed E-state index contributed by atoms with van der Waals surface area (Å²) in [6, 6.07) is 21.6. The van der Waals surface area contributed by atoms with Gasteiger partial charge >= 0.3 is 19.5 Å². The zero-order valence-electron chi connectivity index (χ0n) is 9.98. The summed E-state index contributed by atoms with van der Waals surface area (Å²) in [5.74, 6) is 0.239. The van der Waals surface area contributed by atoms with E-state index in [-0.39, 0.29) is 37.6 Å². The topological polar surface area (TPSA) is 33.1 Å². The van der Waals surface area contributed by atoms with Gasteiger partial charge in [-0.1, -0.05) is 18.2 Å². The number of para-hydroxylation sites is 1. The number of phenolic OH excluding ortho intramolecular Hbond substituents is 1. The van der Waals surface area contributed by atoms with Gasteiger partial charge in [-0.2, -0.15) is 36.4 Å². The molecule has 0 aliphatic carbocycles. The van der Waals surface area contributed by atoms with Crippen molar-refractivity contribution in [3.05, 3.63) is 72.9 Å². The van der Waals surface area contributed by atoms with Crippen LogP contribution < -0.4 is 12.4 Å². The molecule has 0 fully saturated rings. The van der Waals surface area contributed by atoms with Gasteiger partial charge in [0.2, 0.25) is 0 Å². The van der Waals surface area contributed by atoms with Gasteiger partial charge in [0.05, 0.1) is 0 Å². The van der Waals surface area contributed by atoms with E-state index in [1.807, 2.05) is 48.5 Å². The van der Waals surface area contributed by atoms with Gasteiger partial charge in [0.25, 0.3) is 0 Å². The molecule has 4 heteroatoms. The fourth-order valence-corrected chi connectivity index (χ4v) is 1.43. The maximum Gasteiger partial charge on any atom is 2.00 e. The standard InChI is InChI=1S/C9H7NO.C6H5.ClH.Ru/c11-8-5-1-3-7-4-2-6-10-9(7)8;1-2-4-6-5-3-1;;/h1-6,11H;1-5H;1H;/q;-1;;+2/p-1. The number of aromatic nitrogens is 1. The van der Waals surface area contributed by atoms with Crippen molar-refractivity contribution < 1.29 is 37.0 Å². The summed E-state index contributed by atoms with van der Waals surface area (Å²) in [6.07, 6.45) is 1.67. The van der Waals surface area contributed by atoms with Crippen LogP contribution in [0.2, 0.25) is 0 Å². The number of pyridine rings is 1. The summed E-state index contributed by atoms with van der Waals surface area (Å²) < 4.78 is 0. The molecule has 0 atom stereocenters. The van der Waals surface area contributed by atoms with Crippen LogP contribution in [0.5, 0.6) is 5.75 Å². The number of nitrogens with zero attached hydrogens (tertiary/aromatic N) is 1. The van der Waals surface area contributed by atoms with Gasteiger partial charge in [-0.25, -0.2) is 0 Å². The second-order valence-corrected chi connectivity index (χ2v) is 3.43. The Morgan fingerprint density at radius 1 is 0.895 bits per heavy atom. The molecule has 19 heavy (non-hydrogen) atoms. The summed E-state index contributed by atoms with van der Waals surface area (Å²) in [5, 5.41) is 10.3. The zero-order chi connectivity index (χ0) is 11.9. The Balaban J connectivity index is 0.000000353. The number of hydrogen-bond donors (Lipinski definition) is 1. The van der Waals surface area contributed by atoms with E-state index >= 15 is 0 Å². The fraction of sp³-hybridized carbons (Fsp3) is 0. The van der Waals surface area contributed by atoms with E-state index in [0.717, 1.165) is 5.39 Å². The monoisotopic (exact) mass is 359 g/mol. The maximum absolute atomic E-state index is 9.31. The van der Waals surface area contributed by atoms with Crippen LogP contribution in [0.25, 0.3) is 10.9 Å². The first-order valence-electron chi connectivity index (χ1n) is 5.32. The Hall–Kier alpha value is -1.44. The Kier molecular flexibility index (Phi) is 8.77. The van der Waals surface area contributed by atoms with Crippen LogP contribution in [-0.2, 0) is 19.5 Å². The largest absolute Gasteiger partial charge is 2.00 e. The summed E-state index contributed by atoms with van der Waals surface area (Å²) >= 11 is 0. The maximum atomic E-state index is 9.31. The van der Waals surface area contributed by atoms with Crippen LogP contribution in [-0.4, -0.2) is 10.1 Å². The number of rotatable bonds is 0. The summed E-state index contributed by atoms with van der Waals surface area (Å²) in [4.78, 5) is 4.03. The second kappa shape index (κ2) is 9.49. The van der Waals surface area contributed by atoms with Gasteiger partial charge in [0.1, 0.15) is 11.3 Å². The van der Waals surface area contributed by atoms with Crippen LogP contribution in [0.15, 0.2) is 66.9 Å². The minimum Gasteiger partial charge on any atom is -1.00 e. The fourth-order valence-electron chi connectivity index (χ4n) is 1.43. The van der Waals surface area contributed by atoms with Crippen molar-refractivity contribution in [1.82, 2.24) is 4.98 Å². The minimum absolute atomic E-state index is 0. The van der Waals surface area contributed by atoms with Crippen LogP contribution in [0.1, 0.15) is 0 Å². The first-order valence-corrected chi connectivity index (χ1v) is 5.32. The molecule has 0 radical (unpaired) electrons. The third-order valence-corrected chi connectivity index (χ3v) is 2.22. The number of fused-ring (bicyclic) bond motifs is 1. The molecule has 0 unspecified atom stereocenters. The molecule has 0 saturated carbocycles. The van der Waals surface area contributed by atoms with Gasteiger partial charge in [0.15, 0.2) is 0 Å². The molecule has 98 valence electrons. The SMILES string of the molecule is Oc1cccc2cccnc12.[Cl-].[Ru+2].[c-]1ccccc1. The molecule has 1 N–H and O–H groups in total. The first kappa shape index (κ1) is 17.6. The van der Waals surface area contributed by atoms with Crippen LogP contribution in [0.3, 0.4) is 0 Å².